The molecule has 0 aromatic carbocycles. The number of hydrogen-bond donors (Lipinski definition) is 1. The number of nitrogens with one attached hydrogen (secondary N) is 1. The molecule has 0 aliphatic carbocycles. The van der Waals surface area contributed by atoms with Crippen LogP contribution < -0.4 is 5.32 Å². The predicted octanol–water partition coefficient (Wildman–Crippen LogP) is 1.29. The van der Waals surface area contributed by atoms with Crippen molar-refractivity contribution in [3.8, 4) is 0 Å². The molecule has 54 valence electrons. The molecule has 0 atom stereocenters. The zero-order chi connectivity index (χ0) is 7.40. The van der Waals surface area contributed by atoms with Gasteiger partial charge in [-0.1, -0.05) is 0 Å². The van der Waals surface area contributed by atoms with Crippen LogP contribution in [0.2, 0.25) is 0 Å². The molecule has 0 bridgehead atoms. The van der Waals surface area contributed by atoms with E-state index >= 15 is 0 Å². The predicted molar refractivity (Wildman–Crippen MR) is 40.7 cm³/mol. The minimum Gasteiger partial charge on any atom is -0.325 e. The fraction of sp³-hybridized carbons (Fsp3) is 0.143. The Kier molecular flexibility index (Phi) is 1.99. The van der Waals surface area contributed by atoms with E-state index in [0.29, 0.717) is 0 Å². The zero-order valence-corrected chi connectivity index (χ0v) is 5.66. The third kappa shape index (κ3) is 1.85. The van der Waals surface area contributed by atoms with Crippen LogP contribution >= 0.6 is 0 Å². The van der Waals surface area contributed by atoms with Gasteiger partial charge >= 0.3 is 0 Å². The molecule has 0 spiro atoms. The minimum atomic E-state index is -0.0759. The zero-order valence-electron chi connectivity index (χ0n) is 5.66. The van der Waals surface area contributed by atoms with Gasteiger partial charge in [0.25, 0.3) is 0 Å². The van der Waals surface area contributed by atoms with Crippen molar-refractivity contribution in [1.82, 2.24) is 4.98 Å². The van der Waals surface area contributed by atoms with Gasteiger partial charge in [0.2, 0.25) is 5.91 Å². The summed E-state index contributed by atoms with van der Waals surface area (Å²) in [6.07, 6.45) is 3.26. The molecule has 0 aliphatic rings. The monoisotopic (exact) mass is 138 g/mol. The van der Waals surface area contributed by atoms with E-state index in [-0.39, 0.29) is 7.33 Å². The van der Waals surface area contributed by atoms with Gasteiger partial charge in [-0.15, -0.1) is 0 Å². The second kappa shape index (κ2) is 2.96. The van der Waals surface area contributed by atoms with E-state index in [0.717, 1.165) is 5.69 Å². The number of nitrogens with zero attached hydrogens (tertiary/aromatic N) is 1. The number of pyridine rings is 1. The summed E-state index contributed by atoms with van der Waals surface area (Å²) in [5.74, 6) is -0.0759. The first-order chi connectivity index (χ1) is 4.79. The van der Waals surface area contributed by atoms with E-state index in [1.807, 2.05) is 0 Å². The molecular weight excluding hydrogens is 128 g/mol. The van der Waals surface area contributed by atoms with Crippen molar-refractivity contribution in [3.63, 3.8) is 0 Å². The molecule has 0 radical (unpaired) electrons. The summed E-state index contributed by atoms with van der Waals surface area (Å²) in [7, 11) is 0. The van der Waals surface area contributed by atoms with E-state index in [1.165, 1.54) is 6.92 Å². The van der Waals surface area contributed by atoms with Gasteiger partial charge in [0.1, 0.15) is 0 Å². The topological polar surface area (TPSA) is 42.0 Å². The second-order valence-corrected chi connectivity index (χ2v) is 1.92. The maximum Gasteiger partial charge on any atom is 0.221 e. The van der Waals surface area contributed by atoms with E-state index in [2.05, 4.69) is 10.3 Å². The number of anilines is 1. The molecular formula is C7H10N2O. The van der Waals surface area contributed by atoms with E-state index in [9.17, 15) is 4.79 Å². The maximum absolute atomic E-state index is 10.5. The lowest BCUT2D eigenvalue weighted by Crippen LogP contribution is -2.05. The van der Waals surface area contributed by atoms with Gasteiger partial charge in [-0.05, 0) is 12.1 Å². The SMILES string of the molecule is CC(=O)Nc1cccnc1.[HH]. The first-order valence-electron chi connectivity index (χ1n) is 2.96. The van der Waals surface area contributed by atoms with E-state index in [1.54, 1.807) is 24.5 Å². The number of hydrogen-bond acceptors (Lipinski definition) is 2. The third-order valence-corrected chi connectivity index (χ3v) is 0.982. The Bertz CT molecular complexity index is 225. The molecule has 1 amide bonds. The van der Waals surface area contributed by atoms with Gasteiger partial charge in [-0.3, -0.25) is 9.78 Å². The van der Waals surface area contributed by atoms with Crippen molar-refractivity contribution in [1.29, 1.82) is 0 Å². The molecule has 0 saturated carbocycles. The van der Waals surface area contributed by atoms with Crippen LogP contribution in [0.15, 0.2) is 24.5 Å². The molecule has 1 N–H and O–H groups in total. The first kappa shape index (κ1) is 6.74. The fourth-order valence-electron chi connectivity index (χ4n) is 0.640. The van der Waals surface area contributed by atoms with E-state index in [4.69, 9.17) is 0 Å². The van der Waals surface area contributed by atoms with Crippen LogP contribution in [0, 0.1) is 0 Å². The van der Waals surface area contributed by atoms with Crippen molar-refractivity contribution in [2.24, 2.45) is 0 Å². The Hall–Kier alpha value is -1.38. The Morgan fingerprint density at radius 3 is 3.10 bits per heavy atom. The van der Waals surface area contributed by atoms with Gasteiger partial charge in [0, 0.05) is 14.5 Å². The van der Waals surface area contributed by atoms with Crippen LogP contribution in [-0.4, -0.2) is 10.9 Å². The average Bonchev–Trinajstić information content (AvgIpc) is 1.88. The highest BCUT2D eigenvalue weighted by molar-refractivity contribution is 5.88. The molecule has 3 heteroatoms. The third-order valence-electron chi connectivity index (χ3n) is 0.982. The summed E-state index contributed by atoms with van der Waals surface area (Å²) in [5, 5.41) is 2.60. The van der Waals surface area contributed by atoms with E-state index < -0.39 is 0 Å². The van der Waals surface area contributed by atoms with Gasteiger partial charge in [0.15, 0.2) is 0 Å². The van der Waals surface area contributed by atoms with Crippen LogP contribution in [0.5, 0.6) is 0 Å². The number of carbonyl (C=O) groups excluding carboxylic acids is 1. The number of rotatable bonds is 1. The average molecular weight is 138 g/mol. The number of carbonyl (C=O) groups is 1. The van der Waals surface area contributed by atoms with Crippen molar-refractivity contribution < 1.29 is 6.22 Å². The van der Waals surface area contributed by atoms with Crippen LogP contribution in [0.3, 0.4) is 0 Å². The summed E-state index contributed by atoms with van der Waals surface area (Å²) in [4.78, 5) is 14.3. The lowest BCUT2D eigenvalue weighted by atomic mass is 10.4. The highest BCUT2D eigenvalue weighted by Gasteiger charge is 1.90. The number of amides is 1. The standard InChI is InChI=1S/C7H8N2O.H2/c1-6(10)9-7-3-2-4-8-5-7;/h2-5H,1H3,(H,9,10);1H. The molecule has 1 aromatic rings. The Labute approximate surface area is 60.6 Å². The van der Waals surface area contributed by atoms with Crippen molar-refractivity contribution in [2.75, 3.05) is 5.32 Å². The summed E-state index contributed by atoms with van der Waals surface area (Å²) >= 11 is 0. The lowest BCUT2D eigenvalue weighted by molar-refractivity contribution is -0.114. The van der Waals surface area contributed by atoms with Crippen molar-refractivity contribution in [3.05, 3.63) is 24.5 Å². The molecule has 0 aliphatic heterocycles. The lowest BCUT2D eigenvalue weighted by Gasteiger charge is -1.97. The molecule has 0 fully saturated rings. The molecule has 3 nitrogen and oxygen atoms in total. The highest BCUT2D eigenvalue weighted by atomic mass is 16.1. The Morgan fingerprint density at radius 2 is 2.60 bits per heavy atom. The Balaban J connectivity index is 0.000001000. The van der Waals surface area contributed by atoms with Crippen molar-refractivity contribution in [2.45, 2.75) is 6.92 Å². The molecule has 1 heterocycles. The maximum atomic E-state index is 10.5. The largest absolute Gasteiger partial charge is 0.325 e. The fourth-order valence-corrected chi connectivity index (χ4v) is 0.640. The Morgan fingerprint density at radius 1 is 1.80 bits per heavy atom. The summed E-state index contributed by atoms with van der Waals surface area (Å²) < 4.78 is 0. The quantitative estimate of drug-likeness (QED) is 0.635. The van der Waals surface area contributed by atoms with Gasteiger partial charge in [-0.25, -0.2) is 0 Å². The minimum absolute atomic E-state index is 0. The highest BCUT2D eigenvalue weighted by Crippen LogP contribution is 2.00. The molecule has 1 aromatic heterocycles. The normalized spacial score (nSPS) is 8.90. The van der Waals surface area contributed by atoms with Gasteiger partial charge in [-0.2, -0.15) is 0 Å². The summed E-state index contributed by atoms with van der Waals surface area (Å²) in [6, 6.07) is 3.56. The number of aromatic nitrogens is 1. The second-order valence-electron chi connectivity index (χ2n) is 1.92. The first-order valence-corrected chi connectivity index (χ1v) is 2.96. The van der Waals surface area contributed by atoms with Gasteiger partial charge in [0.05, 0.1) is 11.9 Å². The molecule has 0 unspecified atom stereocenters. The molecule has 10 heavy (non-hydrogen) atoms. The summed E-state index contributed by atoms with van der Waals surface area (Å²) in [5.41, 5.74) is 0.731. The van der Waals surface area contributed by atoms with Gasteiger partial charge < -0.3 is 5.32 Å². The van der Waals surface area contributed by atoms with Crippen LogP contribution in [-0.2, 0) is 4.79 Å². The molecule has 1 rings (SSSR count). The van der Waals surface area contributed by atoms with Crippen LogP contribution in [0.25, 0.3) is 0 Å². The van der Waals surface area contributed by atoms with Crippen molar-refractivity contribution >= 4 is 11.6 Å². The summed E-state index contributed by atoms with van der Waals surface area (Å²) in [6.45, 7) is 1.47. The van der Waals surface area contributed by atoms with Crippen LogP contribution in [0.1, 0.15) is 8.35 Å². The smallest absolute Gasteiger partial charge is 0.221 e. The van der Waals surface area contributed by atoms with Crippen LogP contribution in [0.4, 0.5) is 5.69 Å². The molecule has 0 saturated heterocycles.